The quantitative estimate of drug-likeness (QED) is 0.501. The second-order valence-corrected chi connectivity index (χ2v) is 5.15. The molecule has 1 aromatic carbocycles. The molecule has 20 heavy (non-hydrogen) atoms. The average molecular weight is 288 g/mol. The number of hydrogen-bond acceptors (Lipinski definition) is 3. The first-order chi connectivity index (χ1) is 9.09. The van der Waals surface area contributed by atoms with Crippen molar-refractivity contribution < 1.29 is 22.8 Å². The van der Waals surface area contributed by atoms with Gasteiger partial charge >= 0.3 is 12.3 Å². The van der Waals surface area contributed by atoms with Gasteiger partial charge in [0.2, 0.25) is 0 Å². The summed E-state index contributed by atoms with van der Waals surface area (Å²) in [6, 6.07) is 4.62. The Morgan fingerprint density at radius 2 is 1.85 bits per heavy atom. The topological polar surface area (TPSA) is 50.7 Å². The maximum absolute atomic E-state index is 12.7. The van der Waals surface area contributed by atoms with Crippen molar-refractivity contribution in [1.82, 2.24) is 0 Å². The van der Waals surface area contributed by atoms with Crippen LogP contribution >= 0.6 is 0 Å². The van der Waals surface area contributed by atoms with Gasteiger partial charge in [-0.1, -0.05) is 38.1 Å². The van der Waals surface area contributed by atoms with Gasteiger partial charge in [0.05, 0.1) is 11.3 Å². The zero-order valence-corrected chi connectivity index (χ0v) is 11.3. The van der Waals surface area contributed by atoms with E-state index in [0.717, 1.165) is 12.1 Å². The lowest BCUT2D eigenvalue weighted by Crippen LogP contribution is -2.16. The van der Waals surface area contributed by atoms with E-state index in [1.54, 1.807) is 0 Å². The number of carbonyl (C=O) groups is 1. The van der Waals surface area contributed by atoms with Gasteiger partial charge in [0.15, 0.2) is 0 Å². The molecular weight excluding hydrogens is 273 g/mol. The summed E-state index contributed by atoms with van der Waals surface area (Å²) in [4.78, 5) is 15.8. The number of halogens is 3. The molecule has 0 bridgehead atoms. The molecule has 1 amide bonds. The van der Waals surface area contributed by atoms with Crippen molar-refractivity contribution in [2.75, 3.05) is 5.32 Å². The third-order valence-electron chi connectivity index (χ3n) is 2.04. The second kappa shape index (κ2) is 5.94. The van der Waals surface area contributed by atoms with Gasteiger partial charge in [-0.05, 0) is 12.1 Å². The molecule has 0 saturated heterocycles. The zero-order chi connectivity index (χ0) is 15.4. The molecule has 7 heteroatoms. The molecule has 0 aromatic heterocycles. The molecule has 0 unspecified atom stereocenters. The van der Waals surface area contributed by atoms with Gasteiger partial charge in [-0.2, -0.15) is 13.2 Å². The first-order valence-corrected chi connectivity index (χ1v) is 5.78. The Kier molecular flexibility index (Phi) is 4.75. The highest BCUT2D eigenvalue weighted by molar-refractivity contribution is 5.86. The van der Waals surface area contributed by atoms with E-state index in [1.165, 1.54) is 18.3 Å². The van der Waals surface area contributed by atoms with E-state index in [-0.39, 0.29) is 11.1 Å². The lowest BCUT2D eigenvalue weighted by Gasteiger charge is -2.12. The summed E-state index contributed by atoms with van der Waals surface area (Å²) in [6.45, 7) is 5.49. The van der Waals surface area contributed by atoms with Crippen LogP contribution in [0.25, 0.3) is 0 Å². The number of carbonyl (C=O) groups excluding carboxylic acids is 1. The van der Waals surface area contributed by atoms with Gasteiger partial charge in [-0.25, -0.2) is 4.79 Å². The van der Waals surface area contributed by atoms with Crippen LogP contribution in [0.2, 0.25) is 0 Å². The molecule has 0 aliphatic heterocycles. The van der Waals surface area contributed by atoms with Gasteiger partial charge in [-0.3, -0.25) is 10.2 Å². The number of anilines is 1. The SMILES string of the molecule is CC(C)(C)/C=N/OC(=O)Nc1ccccc1C(F)(F)F. The fourth-order valence-electron chi connectivity index (χ4n) is 1.20. The minimum atomic E-state index is -4.56. The first-order valence-electron chi connectivity index (χ1n) is 5.78. The van der Waals surface area contributed by atoms with Crippen molar-refractivity contribution in [1.29, 1.82) is 0 Å². The first kappa shape index (κ1) is 16.0. The van der Waals surface area contributed by atoms with Gasteiger partial charge in [0.25, 0.3) is 0 Å². The van der Waals surface area contributed by atoms with Gasteiger partial charge in [0.1, 0.15) is 0 Å². The molecule has 0 radical (unpaired) electrons. The number of oxime groups is 1. The molecular formula is C13H15F3N2O2. The second-order valence-electron chi connectivity index (χ2n) is 5.15. The fraction of sp³-hybridized carbons (Fsp3) is 0.385. The molecule has 0 atom stereocenters. The van der Waals surface area contributed by atoms with Crippen molar-refractivity contribution in [3.8, 4) is 0 Å². The third-order valence-corrected chi connectivity index (χ3v) is 2.04. The van der Waals surface area contributed by atoms with Crippen LogP contribution in [-0.4, -0.2) is 12.3 Å². The van der Waals surface area contributed by atoms with Gasteiger partial charge < -0.3 is 0 Å². The molecule has 0 aliphatic rings. The summed E-state index contributed by atoms with van der Waals surface area (Å²) in [5.74, 6) is 0. The Hall–Kier alpha value is -2.05. The van der Waals surface area contributed by atoms with Gasteiger partial charge in [0, 0.05) is 11.6 Å². The van der Waals surface area contributed by atoms with Crippen LogP contribution in [0.3, 0.4) is 0 Å². The minimum absolute atomic E-state index is 0.301. The van der Waals surface area contributed by atoms with E-state index in [1.807, 2.05) is 26.1 Å². The number of alkyl halides is 3. The lowest BCUT2D eigenvalue weighted by atomic mass is 10.00. The van der Waals surface area contributed by atoms with E-state index < -0.39 is 17.8 Å². The Labute approximate surface area is 114 Å². The van der Waals surface area contributed by atoms with Crippen molar-refractivity contribution in [2.45, 2.75) is 26.9 Å². The Balaban J connectivity index is 2.75. The van der Waals surface area contributed by atoms with Crippen LogP contribution in [0.4, 0.5) is 23.7 Å². The highest BCUT2D eigenvalue weighted by atomic mass is 19.4. The number of benzene rings is 1. The molecule has 1 rings (SSSR count). The monoisotopic (exact) mass is 288 g/mol. The molecule has 0 spiro atoms. The maximum atomic E-state index is 12.7. The van der Waals surface area contributed by atoms with Crippen molar-refractivity contribution in [2.24, 2.45) is 10.6 Å². The minimum Gasteiger partial charge on any atom is -0.298 e. The highest BCUT2D eigenvalue weighted by Gasteiger charge is 2.33. The Morgan fingerprint density at radius 1 is 1.25 bits per heavy atom. The van der Waals surface area contributed by atoms with Crippen LogP contribution in [0.5, 0.6) is 0 Å². The number of hydrogen-bond donors (Lipinski definition) is 1. The molecule has 0 fully saturated rings. The summed E-state index contributed by atoms with van der Waals surface area (Å²) >= 11 is 0. The van der Waals surface area contributed by atoms with Crippen molar-refractivity contribution >= 4 is 18.0 Å². The zero-order valence-electron chi connectivity index (χ0n) is 11.3. The maximum Gasteiger partial charge on any atom is 0.437 e. The summed E-state index contributed by atoms with van der Waals surface area (Å²) < 4.78 is 38.1. The fourth-order valence-corrected chi connectivity index (χ4v) is 1.20. The Morgan fingerprint density at radius 3 is 2.40 bits per heavy atom. The molecule has 1 aromatic rings. The number of rotatable bonds is 2. The molecule has 0 heterocycles. The van der Waals surface area contributed by atoms with E-state index >= 15 is 0 Å². The molecule has 1 N–H and O–H groups in total. The van der Waals surface area contributed by atoms with Crippen LogP contribution in [0.15, 0.2) is 29.4 Å². The van der Waals surface area contributed by atoms with Crippen molar-refractivity contribution in [3.63, 3.8) is 0 Å². The number of nitrogens with one attached hydrogen (secondary N) is 1. The summed E-state index contributed by atoms with van der Waals surface area (Å²) in [7, 11) is 0. The van der Waals surface area contributed by atoms with Crippen LogP contribution in [-0.2, 0) is 11.0 Å². The van der Waals surface area contributed by atoms with E-state index in [4.69, 9.17) is 0 Å². The van der Waals surface area contributed by atoms with Gasteiger partial charge in [-0.15, -0.1) is 0 Å². The predicted molar refractivity (Wildman–Crippen MR) is 69.5 cm³/mol. The van der Waals surface area contributed by atoms with Crippen LogP contribution < -0.4 is 5.32 Å². The third kappa shape index (κ3) is 5.29. The summed E-state index contributed by atoms with van der Waals surface area (Å²) in [5.41, 5.74) is -1.63. The smallest absolute Gasteiger partial charge is 0.298 e. The average Bonchev–Trinajstić information content (AvgIpc) is 2.26. The lowest BCUT2D eigenvalue weighted by molar-refractivity contribution is -0.136. The standard InChI is InChI=1S/C13H15F3N2O2/c1-12(2,3)8-17-20-11(19)18-10-7-5-4-6-9(10)13(14,15)16/h4-8H,1-3H3,(H,18,19)/b17-8+. The number of nitrogens with zero attached hydrogens (tertiary/aromatic N) is 1. The normalized spacial score (nSPS) is 12.5. The molecule has 0 saturated carbocycles. The summed E-state index contributed by atoms with van der Waals surface area (Å²) in [5, 5.41) is 5.42. The van der Waals surface area contributed by atoms with Crippen molar-refractivity contribution in [3.05, 3.63) is 29.8 Å². The highest BCUT2D eigenvalue weighted by Crippen LogP contribution is 2.34. The molecule has 0 aliphatic carbocycles. The number of para-hydroxylation sites is 1. The largest absolute Gasteiger partial charge is 0.437 e. The summed E-state index contributed by atoms with van der Waals surface area (Å²) in [6.07, 6.45) is -4.26. The van der Waals surface area contributed by atoms with E-state index in [9.17, 15) is 18.0 Å². The van der Waals surface area contributed by atoms with E-state index in [2.05, 4.69) is 9.99 Å². The molecule has 110 valence electrons. The number of amides is 1. The predicted octanol–water partition coefficient (Wildman–Crippen LogP) is 4.29. The van der Waals surface area contributed by atoms with E-state index in [0.29, 0.717) is 0 Å². The Bertz CT molecular complexity index is 505. The van der Waals surface area contributed by atoms with Crippen LogP contribution in [0, 0.1) is 5.41 Å². The molecule has 4 nitrogen and oxygen atoms in total. The van der Waals surface area contributed by atoms with Crippen LogP contribution in [0.1, 0.15) is 26.3 Å².